The first kappa shape index (κ1) is 30.8. The molecule has 1 aliphatic rings. The zero-order chi connectivity index (χ0) is 27.8. The Kier molecular flexibility index (Phi) is 11.1. The Hall–Kier alpha value is -2.46. The van der Waals surface area contributed by atoms with Gasteiger partial charge >= 0.3 is 5.97 Å². The lowest BCUT2D eigenvalue weighted by atomic mass is 10.0. The average Bonchev–Trinajstić information content (AvgIpc) is 2.81. The number of fused-ring (bicyclic) bond motifs is 1. The van der Waals surface area contributed by atoms with E-state index in [9.17, 15) is 14.4 Å². The molecule has 0 saturated carbocycles. The van der Waals surface area contributed by atoms with E-state index < -0.39 is 20.3 Å². The van der Waals surface area contributed by atoms with E-state index in [-0.39, 0.29) is 29.9 Å². The molecule has 0 spiro atoms. The zero-order valence-electron chi connectivity index (χ0n) is 23.2. The molecule has 1 aliphatic heterocycles. The predicted octanol–water partition coefficient (Wildman–Crippen LogP) is 4.75. The van der Waals surface area contributed by atoms with E-state index in [0.717, 1.165) is 0 Å². The standard InChI is InChI=1S/C27H42N2O6SSi/c1-9-13-28-25(31)20-17-36-16-19-22(35-37(7,8)27(3,4)5)15-21(33-6)18(2)24(19)26(32)34-14-11-10-12-23(30)29-20/h9,15,20H,1,10-14,16-17H2,2-8H3,(H,28,31)(H,29,30)/t20-/m0/s1. The molecule has 1 atom stereocenters. The minimum Gasteiger partial charge on any atom is -0.543 e. The number of benzene rings is 1. The van der Waals surface area contributed by atoms with Crippen LogP contribution in [-0.2, 0) is 20.1 Å². The number of carbonyl (C=O) groups excluding carboxylic acids is 3. The molecule has 8 nitrogen and oxygen atoms in total. The number of methoxy groups -OCH3 is 1. The van der Waals surface area contributed by atoms with Crippen molar-refractivity contribution in [3.8, 4) is 11.5 Å². The van der Waals surface area contributed by atoms with E-state index in [1.165, 1.54) is 11.8 Å². The molecular weight excluding hydrogens is 508 g/mol. The fourth-order valence-corrected chi connectivity index (χ4v) is 5.70. The van der Waals surface area contributed by atoms with Gasteiger partial charge in [-0.1, -0.05) is 26.8 Å². The molecule has 0 aliphatic carbocycles. The van der Waals surface area contributed by atoms with Crippen LogP contribution in [-0.4, -0.2) is 58.2 Å². The highest BCUT2D eigenvalue weighted by Gasteiger charge is 2.40. The van der Waals surface area contributed by atoms with Crippen LogP contribution in [0.4, 0.5) is 0 Å². The third kappa shape index (κ3) is 8.26. The first-order valence-electron chi connectivity index (χ1n) is 12.6. The summed E-state index contributed by atoms with van der Waals surface area (Å²) < 4.78 is 18.0. The van der Waals surface area contributed by atoms with Crippen molar-refractivity contribution in [3.63, 3.8) is 0 Å². The molecule has 1 aromatic carbocycles. The molecule has 37 heavy (non-hydrogen) atoms. The van der Waals surface area contributed by atoms with Crippen molar-refractivity contribution in [2.24, 2.45) is 0 Å². The molecule has 1 aromatic rings. The van der Waals surface area contributed by atoms with E-state index >= 15 is 0 Å². The number of cyclic esters (lactones) is 1. The summed E-state index contributed by atoms with van der Waals surface area (Å²) in [6.07, 6.45) is 2.92. The largest absolute Gasteiger partial charge is 0.543 e. The smallest absolute Gasteiger partial charge is 0.338 e. The van der Waals surface area contributed by atoms with Crippen molar-refractivity contribution in [3.05, 3.63) is 35.4 Å². The molecule has 206 valence electrons. The Balaban J connectivity index is 2.54. The molecule has 0 unspecified atom stereocenters. The number of esters is 1. The molecule has 0 bridgehead atoms. The highest BCUT2D eigenvalue weighted by atomic mass is 32.2. The molecule has 1 heterocycles. The van der Waals surface area contributed by atoms with Crippen LogP contribution in [0.15, 0.2) is 18.7 Å². The number of nitrogens with one attached hydrogen (secondary N) is 2. The molecule has 0 saturated heterocycles. The third-order valence-corrected chi connectivity index (χ3v) is 12.2. The number of amides is 2. The summed E-state index contributed by atoms with van der Waals surface area (Å²) >= 11 is 1.45. The van der Waals surface area contributed by atoms with Crippen molar-refractivity contribution in [2.75, 3.05) is 26.0 Å². The fraction of sp³-hybridized carbons (Fsp3) is 0.593. The van der Waals surface area contributed by atoms with Crippen LogP contribution in [0, 0.1) is 6.92 Å². The molecule has 0 fully saturated rings. The molecule has 2 N–H and O–H groups in total. The molecule has 2 amide bonds. The van der Waals surface area contributed by atoms with Crippen molar-refractivity contribution >= 4 is 37.9 Å². The second kappa shape index (κ2) is 13.4. The summed E-state index contributed by atoms with van der Waals surface area (Å²) in [4.78, 5) is 38.6. The number of ether oxygens (including phenoxy) is 2. The lowest BCUT2D eigenvalue weighted by Gasteiger charge is -2.37. The van der Waals surface area contributed by atoms with Crippen LogP contribution in [0.2, 0.25) is 18.1 Å². The Labute approximate surface area is 226 Å². The zero-order valence-corrected chi connectivity index (χ0v) is 25.1. The number of hydrogen-bond acceptors (Lipinski definition) is 7. The lowest BCUT2D eigenvalue weighted by molar-refractivity contribution is -0.128. The summed E-state index contributed by atoms with van der Waals surface area (Å²) in [5.41, 5.74) is 1.84. The lowest BCUT2D eigenvalue weighted by Crippen LogP contribution is -2.48. The van der Waals surface area contributed by atoms with Gasteiger partial charge in [0.2, 0.25) is 20.1 Å². The number of rotatable bonds is 6. The minimum atomic E-state index is -2.27. The van der Waals surface area contributed by atoms with Crippen LogP contribution < -0.4 is 19.8 Å². The van der Waals surface area contributed by atoms with Crippen LogP contribution >= 0.6 is 11.8 Å². The van der Waals surface area contributed by atoms with E-state index in [1.807, 2.05) is 13.0 Å². The fourth-order valence-electron chi connectivity index (χ4n) is 3.59. The van der Waals surface area contributed by atoms with Crippen molar-refractivity contribution < 1.29 is 28.3 Å². The van der Waals surface area contributed by atoms with Gasteiger partial charge in [0, 0.05) is 41.7 Å². The van der Waals surface area contributed by atoms with Gasteiger partial charge in [-0.05, 0) is 37.9 Å². The Morgan fingerprint density at radius 1 is 1.30 bits per heavy atom. The van der Waals surface area contributed by atoms with Gasteiger partial charge in [-0.25, -0.2) is 4.79 Å². The summed E-state index contributed by atoms with van der Waals surface area (Å²) in [5.74, 6) is 0.964. The van der Waals surface area contributed by atoms with E-state index in [1.54, 1.807) is 13.2 Å². The third-order valence-electron chi connectivity index (χ3n) is 6.84. The summed E-state index contributed by atoms with van der Waals surface area (Å²) in [6.45, 7) is 16.7. The van der Waals surface area contributed by atoms with Gasteiger partial charge in [-0.3, -0.25) is 9.59 Å². The Morgan fingerprint density at radius 2 is 2.00 bits per heavy atom. The van der Waals surface area contributed by atoms with Crippen LogP contribution in [0.5, 0.6) is 11.5 Å². The first-order valence-corrected chi connectivity index (χ1v) is 16.7. The van der Waals surface area contributed by atoms with Gasteiger partial charge in [-0.2, -0.15) is 11.8 Å². The van der Waals surface area contributed by atoms with Crippen molar-refractivity contribution in [1.29, 1.82) is 0 Å². The SMILES string of the molecule is C=CCNC(=O)[C@@H]1CSCc2c(O[Si](C)(C)C(C)(C)C)cc(OC)c(C)c2C(=O)OCCCCC(=O)N1. The minimum absolute atomic E-state index is 0.0637. The van der Waals surface area contributed by atoms with Gasteiger partial charge in [0.25, 0.3) is 0 Å². The molecule has 2 rings (SSSR count). The first-order chi connectivity index (χ1) is 17.3. The maximum Gasteiger partial charge on any atom is 0.338 e. The topological polar surface area (TPSA) is 103 Å². The summed E-state index contributed by atoms with van der Waals surface area (Å²) in [7, 11) is -0.695. The monoisotopic (exact) mass is 550 g/mol. The van der Waals surface area contributed by atoms with E-state index in [0.29, 0.717) is 59.1 Å². The second-order valence-corrected chi connectivity index (χ2v) is 16.4. The highest BCUT2D eigenvalue weighted by molar-refractivity contribution is 7.98. The van der Waals surface area contributed by atoms with Gasteiger partial charge in [-0.15, -0.1) is 6.58 Å². The van der Waals surface area contributed by atoms with E-state index in [4.69, 9.17) is 13.9 Å². The highest BCUT2D eigenvalue weighted by Crippen LogP contribution is 2.42. The molecule has 10 heteroatoms. The average molecular weight is 551 g/mol. The maximum absolute atomic E-state index is 13.4. The predicted molar refractivity (Wildman–Crippen MR) is 151 cm³/mol. The second-order valence-electron chi connectivity index (χ2n) is 10.7. The summed E-state index contributed by atoms with van der Waals surface area (Å²) in [5, 5.41) is 5.56. The molecule has 0 radical (unpaired) electrons. The van der Waals surface area contributed by atoms with Gasteiger partial charge in [0.15, 0.2) is 0 Å². The van der Waals surface area contributed by atoms with Gasteiger partial charge in [0.1, 0.15) is 17.5 Å². The van der Waals surface area contributed by atoms with Crippen LogP contribution in [0.1, 0.15) is 61.5 Å². The quantitative estimate of drug-likeness (QED) is 0.299. The molecule has 0 aromatic heterocycles. The number of carbonyl (C=O) groups is 3. The Bertz CT molecular complexity index is 1010. The maximum atomic E-state index is 13.4. The van der Waals surface area contributed by atoms with Crippen molar-refractivity contribution in [1.82, 2.24) is 10.6 Å². The number of thioether (sulfide) groups is 1. The number of hydrogen-bond donors (Lipinski definition) is 2. The van der Waals surface area contributed by atoms with E-state index in [2.05, 4.69) is 51.1 Å². The Morgan fingerprint density at radius 3 is 2.62 bits per heavy atom. The van der Waals surface area contributed by atoms with Crippen molar-refractivity contribution in [2.45, 2.75) is 76.9 Å². The van der Waals surface area contributed by atoms with Crippen LogP contribution in [0.3, 0.4) is 0 Å². The normalized spacial score (nSPS) is 18.0. The van der Waals surface area contributed by atoms with Gasteiger partial charge < -0.3 is 24.5 Å². The van der Waals surface area contributed by atoms with Gasteiger partial charge in [0.05, 0.1) is 19.3 Å². The summed E-state index contributed by atoms with van der Waals surface area (Å²) in [6, 6.07) is 1.14. The molecular formula is C27H42N2O6SSi. The van der Waals surface area contributed by atoms with Crippen LogP contribution in [0.25, 0.3) is 0 Å².